The van der Waals surface area contributed by atoms with E-state index in [0.717, 1.165) is 47.2 Å². The Bertz CT molecular complexity index is 696. The van der Waals surface area contributed by atoms with E-state index < -0.39 is 5.91 Å². The first-order chi connectivity index (χ1) is 9.59. The Balaban J connectivity index is 2.28. The number of nitrogens with zero attached hydrogens (tertiary/aromatic N) is 2. The smallest absolute Gasteiger partial charge is 0.252 e. The topological polar surface area (TPSA) is 60.9 Å². The second kappa shape index (κ2) is 5.22. The fraction of sp³-hybridized carbons (Fsp3) is 0.286. The molecule has 1 aliphatic heterocycles. The van der Waals surface area contributed by atoms with Crippen LogP contribution in [0.1, 0.15) is 28.9 Å². The van der Waals surface area contributed by atoms with Crippen LogP contribution in [0.4, 0.5) is 0 Å². The maximum atomic E-state index is 11.7. The van der Waals surface area contributed by atoms with Gasteiger partial charge < -0.3 is 10.3 Å². The predicted octanol–water partition coefficient (Wildman–Crippen LogP) is 3.40. The van der Waals surface area contributed by atoms with Crippen LogP contribution < -0.4 is 5.73 Å². The molecule has 0 fully saturated rings. The zero-order valence-electron chi connectivity index (χ0n) is 10.7. The molecule has 0 radical (unpaired) electrons. The monoisotopic (exact) mass is 353 g/mol. The first-order valence-electron chi connectivity index (χ1n) is 6.41. The van der Waals surface area contributed by atoms with Gasteiger partial charge >= 0.3 is 0 Å². The van der Waals surface area contributed by atoms with Gasteiger partial charge in [0.05, 0.1) is 16.3 Å². The molecule has 0 saturated carbocycles. The molecule has 0 aliphatic carbocycles. The zero-order chi connectivity index (χ0) is 14.3. The minimum absolute atomic E-state index is 0.439. The lowest BCUT2D eigenvalue weighted by Gasteiger charge is -2.18. The van der Waals surface area contributed by atoms with Gasteiger partial charge in [-0.05, 0) is 41.3 Å². The van der Waals surface area contributed by atoms with Crippen molar-refractivity contribution in [2.45, 2.75) is 25.8 Å². The van der Waals surface area contributed by atoms with E-state index in [-0.39, 0.29) is 0 Å². The molecule has 6 heteroatoms. The largest absolute Gasteiger partial charge is 0.365 e. The molecule has 20 heavy (non-hydrogen) atoms. The van der Waals surface area contributed by atoms with Crippen molar-refractivity contribution in [1.82, 2.24) is 9.55 Å². The van der Waals surface area contributed by atoms with Crippen molar-refractivity contribution in [3.8, 4) is 11.3 Å². The van der Waals surface area contributed by atoms with Crippen molar-refractivity contribution in [3.63, 3.8) is 0 Å². The molecule has 1 aliphatic rings. The normalized spacial score (nSPS) is 14.1. The van der Waals surface area contributed by atoms with Crippen molar-refractivity contribution in [2.75, 3.05) is 0 Å². The number of hydrogen-bond donors (Lipinski definition) is 1. The molecule has 0 aromatic carbocycles. The van der Waals surface area contributed by atoms with Gasteiger partial charge in [0, 0.05) is 34.7 Å². The highest BCUT2D eigenvalue weighted by atomic mass is 79.9. The number of amides is 1. The van der Waals surface area contributed by atoms with E-state index in [1.165, 1.54) is 0 Å². The van der Waals surface area contributed by atoms with Gasteiger partial charge in [-0.2, -0.15) is 0 Å². The van der Waals surface area contributed by atoms with Gasteiger partial charge in [0.2, 0.25) is 0 Å². The van der Waals surface area contributed by atoms with Gasteiger partial charge in [-0.1, -0.05) is 11.6 Å². The van der Waals surface area contributed by atoms with Gasteiger partial charge in [-0.15, -0.1) is 0 Å². The molecule has 4 nitrogen and oxygen atoms in total. The third kappa shape index (κ3) is 2.15. The highest BCUT2D eigenvalue weighted by Crippen LogP contribution is 2.38. The molecule has 2 aromatic rings. The number of hydrogen-bond acceptors (Lipinski definition) is 2. The quantitative estimate of drug-likeness (QED) is 0.898. The van der Waals surface area contributed by atoms with Crippen LogP contribution in [0, 0.1) is 0 Å². The summed E-state index contributed by atoms with van der Waals surface area (Å²) in [6.07, 6.45) is 6.42. The minimum Gasteiger partial charge on any atom is -0.365 e. The number of pyridine rings is 1. The Morgan fingerprint density at radius 2 is 2.20 bits per heavy atom. The maximum Gasteiger partial charge on any atom is 0.252 e. The summed E-state index contributed by atoms with van der Waals surface area (Å²) < 4.78 is 2.98. The lowest BCUT2D eigenvalue weighted by atomic mass is 10.1. The molecular formula is C14H13BrClN3O. The van der Waals surface area contributed by atoms with Crippen molar-refractivity contribution in [3.05, 3.63) is 39.2 Å². The molecule has 3 heterocycles. The first-order valence-corrected chi connectivity index (χ1v) is 7.58. The molecule has 2 N–H and O–H groups in total. The Morgan fingerprint density at radius 3 is 2.90 bits per heavy atom. The van der Waals surface area contributed by atoms with Gasteiger partial charge in [0.15, 0.2) is 0 Å². The number of nitrogens with two attached hydrogens (primary N) is 1. The molecule has 0 atom stereocenters. The molecule has 2 aromatic heterocycles. The van der Waals surface area contributed by atoms with Crippen LogP contribution in [0.25, 0.3) is 11.3 Å². The molecule has 0 bridgehead atoms. The summed E-state index contributed by atoms with van der Waals surface area (Å²) >= 11 is 9.85. The van der Waals surface area contributed by atoms with Crippen LogP contribution in [0.5, 0.6) is 0 Å². The molecular weight excluding hydrogens is 342 g/mol. The van der Waals surface area contributed by atoms with Crippen molar-refractivity contribution in [1.29, 1.82) is 0 Å². The predicted molar refractivity (Wildman–Crippen MR) is 81.8 cm³/mol. The number of rotatable bonds is 2. The number of aromatic nitrogens is 2. The van der Waals surface area contributed by atoms with Crippen molar-refractivity contribution >= 4 is 33.4 Å². The molecule has 0 saturated heterocycles. The van der Waals surface area contributed by atoms with E-state index in [4.69, 9.17) is 17.3 Å². The van der Waals surface area contributed by atoms with Gasteiger partial charge in [0.25, 0.3) is 5.91 Å². The van der Waals surface area contributed by atoms with Crippen LogP contribution in [0.3, 0.4) is 0 Å². The van der Waals surface area contributed by atoms with E-state index in [0.29, 0.717) is 10.6 Å². The average molecular weight is 355 g/mol. The SMILES string of the molecule is NC(=O)c1c(Cl)c(-c2cncc(Br)c2)n2c1CCCC2. The Kier molecular flexibility index (Phi) is 3.56. The van der Waals surface area contributed by atoms with Crippen LogP contribution in [-0.4, -0.2) is 15.5 Å². The highest BCUT2D eigenvalue weighted by Gasteiger charge is 2.27. The van der Waals surface area contributed by atoms with E-state index in [9.17, 15) is 4.79 Å². The Hall–Kier alpha value is -1.33. The maximum absolute atomic E-state index is 11.7. The molecule has 1 amide bonds. The average Bonchev–Trinajstić information content (AvgIpc) is 2.70. The standard InChI is InChI=1S/C14H13BrClN3O/c15-9-5-8(6-18-7-9)13-12(16)11(14(17)20)10-3-1-2-4-19(10)13/h5-7H,1-4H2,(H2,17,20). The zero-order valence-corrected chi connectivity index (χ0v) is 13.0. The van der Waals surface area contributed by atoms with Crippen LogP contribution in [0.2, 0.25) is 5.02 Å². The highest BCUT2D eigenvalue weighted by molar-refractivity contribution is 9.10. The number of carbonyl (C=O) groups is 1. The summed E-state index contributed by atoms with van der Waals surface area (Å²) in [7, 11) is 0. The fourth-order valence-corrected chi connectivity index (χ4v) is 3.56. The minimum atomic E-state index is -0.463. The number of fused-ring (bicyclic) bond motifs is 1. The van der Waals surface area contributed by atoms with Crippen LogP contribution in [0.15, 0.2) is 22.9 Å². The molecule has 0 unspecified atom stereocenters. The molecule has 3 rings (SSSR count). The number of primary amides is 1. The molecule has 104 valence electrons. The van der Waals surface area contributed by atoms with Crippen LogP contribution in [-0.2, 0) is 13.0 Å². The Labute approximate surface area is 130 Å². The second-order valence-corrected chi connectivity index (χ2v) is 6.14. The summed E-state index contributed by atoms with van der Waals surface area (Å²) in [6, 6.07) is 1.95. The number of carbonyl (C=O) groups excluding carboxylic acids is 1. The van der Waals surface area contributed by atoms with Crippen LogP contribution >= 0.6 is 27.5 Å². The van der Waals surface area contributed by atoms with E-state index >= 15 is 0 Å². The van der Waals surface area contributed by atoms with Gasteiger partial charge in [-0.3, -0.25) is 9.78 Å². The van der Waals surface area contributed by atoms with Gasteiger partial charge in [-0.25, -0.2) is 0 Å². The summed E-state index contributed by atoms with van der Waals surface area (Å²) in [5.74, 6) is -0.463. The fourth-order valence-electron chi connectivity index (χ4n) is 2.78. The lowest BCUT2D eigenvalue weighted by molar-refractivity contribution is 0.0999. The third-order valence-corrected chi connectivity index (χ3v) is 4.38. The lowest BCUT2D eigenvalue weighted by Crippen LogP contribution is -2.17. The van der Waals surface area contributed by atoms with Gasteiger partial charge in [0.1, 0.15) is 0 Å². The number of halogens is 2. The first kappa shape index (κ1) is 13.6. The third-order valence-electron chi connectivity index (χ3n) is 3.58. The van der Waals surface area contributed by atoms with E-state index in [2.05, 4.69) is 25.5 Å². The van der Waals surface area contributed by atoms with E-state index in [1.807, 2.05) is 6.07 Å². The summed E-state index contributed by atoms with van der Waals surface area (Å²) in [4.78, 5) is 15.9. The summed E-state index contributed by atoms with van der Waals surface area (Å²) in [6.45, 7) is 0.851. The van der Waals surface area contributed by atoms with Crippen molar-refractivity contribution < 1.29 is 4.79 Å². The molecule has 0 spiro atoms. The Morgan fingerprint density at radius 1 is 1.40 bits per heavy atom. The summed E-state index contributed by atoms with van der Waals surface area (Å²) in [5.41, 5.74) is 8.63. The van der Waals surface area contributed by atoms with E-state index in [1.54, 1.807) is 12.4 Å². The summed E-state index contributed by atoms with van der Waals surface area (Å²) in [5, 5.41) is 0.439. The second-order valence-electron chi connectivity index (χ2n) is 4.85. The van der Waals surface area contributed by atoms with Crippen molar-refractivity contribution in [2.24, 2.45) is 5.73 Å².